The van der Waals surface area contributed by atoms with E-state index in [1.54, 1.807) is 0 Å². The molecule has 2 aliphatic heterocycles. The summed E-state index contributed by atoms with van der Waals surface area (Å²) in [4.78, 5) is 2.65. The molecule has 2 heteroatoms. The minimum atomic E-state index is 0.856. The zero-order chi connectivity index (χ0) is 7.68. The van der Waals surface area contributed by atoms with Crippen LogP contribution in [0.4, 0.5) is 0 Å². The molecule has 0 aliphatic carbocycles. The van der Waals surface area contributed by atoms with Gasteiger partial charge in [-0.2, -0.15) is 0 Å². The Hall–Kier alpha value is 0.250. The standard InChI is InChI=1S/C9H16ClN/c10-5-3-8-4-7-11-6-1-2-9(8)11/h8-9H,1-7H2. The van der Waals surface area contributed by atoms with Gasteiger partial charge in [-0.05, 0) is 44.7 Å². The van der Waals surface area contributed by atoms with Gasteiger partial charge >= 0.3 is 0 Å². The molecule has 1 nitrogen and oxygen atoms in total. The molecule has 11 heavy (non-hydrogen) atoms. The number of alkyl halides is 1. The van der Waals surface area contributed by atoms with E-state index < -0.39 is 0 Å². The van der Waals surface area contributed by atoms with Gasteiger partial charge in [-0.15, -0.1) is 11.6 Å². The van der Waals surface area contributed by atoms with Gasteiger partial charge in [-0.25, -0.2) is 0 Å². The van der Waals surface area contributed by atoms with Crippen LogP contribution in [0.3, 0.4) is 0 Å². The number of hydrogen-bond donors (Lipinski definition) is 0. The first-order valence-electron chi connectivity index (χ1n) is 4.72. The van der Waals surface area contributed by atoms with Gasteiger partial charge < -0.3 is 4.90 Å². The average Bonchev–Trinajstić information content (AvgIpc) is 2.53. The van der Waals surface area contributed by atoms with Crippen LogP contribution in [-0.2, 0) is 0 Å². The van der Waals surface area contributed by atoms with E-state index in [9.17, 15) is 0 Å². The van der Waals surface area contributed by atoms with Crippen molar-refractivity contribution in [3.63, 3.8) is 0 Å². The zero-order valence-corrected chi connectivity index (χ0v) is 7.69. The lowest BCUT2D eigenvalue weighted by molar-refractivity contribution is 0.288. The second-order valence-corrected chi connectivity index (χ2v) is 4.15. The van der Waals surface area contributed by atoms with Crippen LogP contribution in [0.5, 0.6) is 0 Å². The molecule has 2 rings (SSSR count). The van der Waals surface area contributed by atoms with Crippen LogP contribution >= 0.6 is 11.6 Å². The third-order valence-electron chi connectivity index (χ3n) is 3.23. The van der Waals surface area contributed by atoms with E-state index in [-0.39, 0.29) is 0 Å². The molecule has 0 bridgehead atoms. The molecule has 2 heterocycles. The van der Waals surface area contributed by atoms with E-state index in [4.69, 9.17) is 11.6 Å². The summed E-state index contributed by atoms with van der Waals surface area (Å²) in [7, 11) is 0. The lowest BCUT2D eigenvalue weighted by Gasteiger charge is -2.18. The molecule has 0 saturated carbocycles. The number of rotatable bonds is 2. The number of nitrogens with zero attached hydrogens (tertiary/aromatic N) is 1. The maximum Gasteiger partial charge on any atom is 0.0226 e. The smallest absolute Gasteiger partial charge is 0.0226 e. The summed E-state index contributed by atoms with van der Waals surface area (Å²) in [6, 6.07) is 0.911. The first kappa shape index (κ1) is 7.88. The second-order valence-electron chi connectivity index (χ2n) is 3.77. The highest BCUT2D eigenvalue weighted by Gasteiger charge is 2.36. The summed E-state index contributed by atoms with van der Waals surface area (Å²) in [5.74, 6) is 1.78. The van der Waals surface area contributed by atoms with Crippen molar-refractivity contribution >= 4 is 11.6 Å². The minimum absolute atomic E-state index is 0.856. The summed E-state index contributed by atoms with van der Waals surface area (Å²) in [6.07, 6.45) is 5.49. The predicted octanol–water partition coefficient (Wildman–Crippen LogP) is 2.10. The van der Waals surface area contributed by atoms with Gasteiger partial charge in [-0.1, -0.05) is 0 Å². The molecule has 0 amide bonds. The average molecular weight is 174 g/mol. The van der Waals surface area contributed by atoms with Gasteiger partial charge in [0.15, 0.2) is 0 Å². The fourth-order valence-corrected chi connectivity index (χ4v) is 2.94. The van der Waals surface area contributed by atoms with Crippen LogP contribution in [0.2, 0.25) is 0 Å². The van der Waals surface area contributed by atoms with Crippen molar-refractivity contribution in [2.75, 3.05) is 19.0 Å². The third-order valence-corrected chi connectivity index (χ3v) is 3.44. The molecule has 2 unspecified atom stereocenters. The third kappa shape index (κ3) is 1.41. The molecule has 0 aromatic carbocycles. The molecule has 64 valence electrons. The molecule has 0 N–H and O–H groups in total. The molecular weight excluding hydrogens is 158 g/mol. The van der Waals surface area contributed by atoms with Crippen LogP contribution < -0.4 is 0 Å². The molecule has 2 saturated heterocycles. The Balaban J connectivity index is 1.92. The van der Waals surface area contributed by atoms with Crippen molar-refractivity contribution < 1.29 is 0 Å². The predicted molar refractivity (Wildman–Crippen MR) is 48.0 cm³/mol. The fraction of sp³-hybridized carbons (Fsp3) is 1.00. The topological polar surface area (TPSA) is 3.24 Å². The van der Waals surface area contributed by atoms with E-state index in [2.05, 4.69) is 4.90 Å². The Kier molecular flexibility index (Phi) is 2.38. The van der Waals surface area contributed by atoms with Gasteiger partial charge in [-0.3, -0.25) is 0 Å². The zero-order valence-electron chi connectivity index (χ0n) is 6.93. The Morgan fingerprint density at radius 1 is 1.27 bits per heavy atom. The number of fused-ring (bicyclic) bond motifs is 1. The van der Waals surface area contributed by atoms with E-state index >= 15 is 0 Å². The Labute approximate surface area is 73.7 Å². The van der Waals surface area contributed by atoms with E-state index in [1.165, 1.54) is 38.8 Å². The number of hydrogen-bond acceptors (Lipinski definition) is 1. The molecule has 0 aromatic rings. The molecule has 0 aromatic heterocycles. The molecule has 2 atom stereocenters. The van der Waals surface area contributed by atoms with Crippen molar-refractivity contribution in [3.8, 4) is 0 Å². The highest BCUT2D eigenvalue weighted by molar-refractivity contribution is 6.17. The van der Waals surface area contributed by atoms with Gasteiger partial charge in [0, 0.05) is 11.9 Å². The monoisotopic (exact) mass is 173 g/mol. The summed E-state index contributed by atoms with van der Waals surface area (Å²) in [5.41, 5.74) is 0. The lowest BCUT2D eigenvalue weighted by atomic mass is 9.96. The van der Waals surface area contributed by atoms with Crippen molar-refractivity contribution in [3.05, 3.63) is 0 Å². The summed E-state index contributed by atoms with van der Waals surface area (Å²) >= 11 is 5.75. The quantitative estimate of drug-likeness (QED) is 0.579. The van der Waals surface area contributed by atoms with E-state index in [1.807, 2.05) is 0 Å². The minimum Gasteiger partial charge on any atom is -0.300 e. The molecule has 0 radical (unpaired) electrons. The van der Waals surface area contributed by atoms with Gasteiger partial charge in [0.05, 0.1) is 0 Å². The van der Waals surface area contributed by atoms with Gasteiger partial charge in [0.1, 0.15) is 0 Å². The van der Waals surface area contributed by atoms with Crippen LogP contribution in [0.25, 0.3) is 0 Å². The van der Waals surface area contributed by atoms with Crippen LogP contribution in [-0.4, -0.2) is 29.9 Å². The van der Waals surface area contributed by atoms with Crippen LogP contribution in [0.15, 0.2) is 0 Å². The Morgan fingerprint density at radius 3 is 3.00 bits per heavy atom. The Morgan fingerprint density at radius 2 is 2.18 bits per heavy atom. The molecular formula is C9H16ClN. The fourth-order valence-electron chi connectivity index (χ4n) is 2.66. The SMILES string of the molecule is ClCCC1CCN2CCCC12. The van der Waals surface area contributed by atoms with Gasteiger partial charge in [0.25, 0.3) is 0 Å². The first-order chi connectivity index (χ1) is 5.42. The van der Waals surface area contributed by atoms with Crippen molar-refractivity contribution in [1.82, 2.24) is 4.90 Å². The van der Waals surface area contributed by atoms with Gasteiger partial charge in [0.2, 0.25) is 0 Å². The lowest BCUT2D eigenvalue weighted by Crippen LogP contribution is -2.26. The van der Waals surface area contributed by atoms with Crippen molar-refractivity contribution in [2.45, 2.75) is 31.7 Å². The van der Waals surface area contributed by atoms with E-state index in [0.717, 1.165) is 17.8 Å². The van der Waals surface area contributed by atoms with Crippen LogP contribution in [0, 0.1) is 5.92 Å². The first-order valence-corrected chi connectivity index (χ1v) is 5.25. The summed E-state index contributed by atoms with van der Waals surface area (Å²) in [5, 5.41) is 0. The largest absolute Gasteiger partial charge is 0.300 e. The summed E-state index contributed by atoms with van der Waals surface area (Å²) < 4.78 is 0. The second kappa shape index (κ2) is 3.32. The maximum absolute atomic E-state index is 5.75. The molecule has 0 spiro atoms. The highest BCUT2D eigenvalue weighted by Crippen LogP contribution is 2.34. The van der Waals surface area contributed by atoms with Crippen molar-refractivity contribution in [1.29, 1.82) is 0 Å². The maximum atomic E-state index is 5.75. The summed E-state index contributed by atoms with van der Waals surface area (Å²) in [6.45, 7) is 2.69. The Bertz CT molecular complexity index is 136. The van der Waals surface area contributed by atoms with Crippen LogP contribution in [0.1, 0.15) is 25.7 Å². The molecule has 2 aliphatic rings. The van der Waals surface area contributed by atoms with E-state index in [0.29, 0.717) is 0 Å². The van der Waals surface area contributed by atoms with Crippen molar-refractivity contribution in [2.24, 2.45) is 5.92 Å². The molecule has 2 fully saturated rings. The highest BCUT2D eigenvalue weighted by atomic mass is 35.5. The normalized spacial score (nSPS) is 37.9. The number of halogens is 1.